The lowest BCUT2D eigenvalue weighted by Crippen LogP contribution is -2.21. The van der Waals surface area contributed by atoms with Gasteiger partial charge in [-0.1, -0.05) is 6.07 Å². The molecule has 1 aromatic carbocycles. The van der Waals surface area contributed by atoms with Gasteiger partial charge < -0.3 is 21.3 Å². The second-order valence-corrected chi connectivity index (χ2v) is 2.76. The van der Waals surface area contributed by atoms with Crippen molar-refractivity contribution < 1.29 is 15.0 Å². The zero-order valence-electron chi connectivity index (χ0n) is 7.53. The van der Waals surface area contributed by atoms with Crippen LogP contribution in [0.3, 0.4) is 0 Å². The van der Waals surface area contributed by atoms with Crippen LogP contribution in [0.1, 0.15) is 5.56 Å². The third-order valence-corrected chi connectivity index (χ3v) is 1.70. The average Bonchev–Trinajstić information content (AvgIpc) is 2.20. The topological polar surface area (TPSA) is 95.6 Å². The lowest BCUT2D eigenvalue weighted by Gasteiger charge is -2.06. The molecule has 0 radical (unpaired) electrons. The van der Waals surface area contributed by atoms with Crippen LogP contribution in [-0.4, -0.2) is 22.7 Å². The van der Waals surface area contributed by atoms with Gasteiger partial charge in [0.2, 0.25) is 5.91 Å². The first kappa shape index (κ1) is 10.5. The molecule has 0 atom stereocenters. The Morgan fingerprint density at radius 3 is 2.71 bits per heavy atom. The summed E-state index contributed by atoms with van der Waals surface area (Å²) in [6.45, 7) is -0.292. The van der Waals surface area contributed by atoms with E-state index in [1.54, 1.807) is 6.07 Å². The normalized spacial score (nSPS) is 9.86. The maximum atomic E-state index is 10.9. The minimum absolute atomic E-state index is 0.0849. The maximum absolute atomic E-state index is 10.9. The smallest absolute Gasteiger partial charge is 0.238 e. The van der Waals surface area contributed by atoms with E-state index in [0.717, 1.165) is 0 Å². The highest BCUT2D eigenvalue weighted by Gasteiger charge is 2.04. The van der Waals surface area contributed by atoms with Crippen molar-refractivity contribution in [3.8, 4) is 5.75 Å². The summed E-state index contributed by atoms with van der Waals surface area (Å²) >= 11 is 0. The molecule has 0 aliphatic carbocycles. The fourth-order valence-electron chi connectivity index (χ4n) is 0.983. The van der Waals surface area contributed by atoms with Crippen LogP contribution in [0.2, 0.25) is 0 Å². The summed E-state index contributed by atoms with van der Waals surface area (Å²) in [4.78, 5) is 10.9. The van der Waals surface area contributed by atoms with Gasteiger partial charge in [0.25, 0.3) is 0 Å². The summed E-state index contributed by atoms with van der Waals surface area (Å²) in [7, 11) is 0. The third-order valence-electron chi connectivity index (χ3n) is 1.70. The molecule has 14 heavy (non-hydrogen) atoms. The number of anilines is 1. The van der Waals surface area contributed by atoms with Crippen molar-refractivity contribution in [2.45, 2.75) is 6.61 Å². The van der Waals surface area contributed by atoms with Crippen molar-refractivity contribution >= 4 is 11.6 Å². The second kappa shape index (κ2) is 4.59. The van der Waals surface area contributed by atoms with Gasteiger partial charge in [-0.2, -0.15) is 0 Å². The fraction of sp³-hybridized carbons (Fsp3) is 0.222. The van der Waals surface area contributed by atoms with Crippen LogP contribution >= 0.6 is 0 Å². The van der Waals surface area contributed by atoms with Crippen molar-refractivity contribution in [2.24, 2.45) is 5.73 Å². The molecule has 0 aromatic heterocycles. The number of carbonyl (C=O) groups excluding carboxylic acids is 1. The number of aliphatic hydroxyl groups excluding tert-OH is 1. The van der Waals surface area contributed by atoms with E-state index < -0.39 is 0 Å². The Balaban J connectivity index is 2.83. The van der Waals surface area contributed by atoms with Crippen LogP contribution < -0.4 is 11.1 Å². The summed E-state index contributed by atoms with van der Waals surface area (Å²) in [6, 6.07) is 4.49. The van der Waals surface area contributed by atoms with E-state index in [2.05, 4.69) is 5.32 Å². The van der Waals surface area contributed by atoms with Crippen molar-refractivity contribution in [2.75, 3.05) is 11.9 Å². The molecule has 0 saturated carbocycles. The third kappa shape index (κ3) is 2.45. The Labute approximate surface area is 81.2 Å². The molecule has 5 heteroatoms. The Morgan fingerprint density at radius 1 is 1.50 bits per heavy atom. The van der Waals surface area contributed by atoms with Gasteiger partial charge in [-0.25, -0.2) is 0 Å². The Morgan fingerprint density at radius 2 is 2.21 bits per heavy atom. The number of hydrogen-bond donors (Lipinski definition) is 4. The Kier molecular flexibility index (Phi) is 3.44. The molecule has 1 amide bonds. The van der Waals surface area contributed by atoms with Crippen LogP contribution in [0, 0.1) is 0 Å². The molecule has 0 aliphatic rings. The lowest BCUT2D eigenvalue weighted by atomic mass is 10.2. The number of phenols is 1. The molecule has 1 rings (SSSR count). The van der Waals surface area contributed by atoms with E-state index in [9.17, 15) is 9.90 Å². The predicted octanol–water partition coefficient (Wildman–Crippen LogP) is -0.218. The minimum Gasteiger partial charge on any atom is -0.506 e. The van der Waals surface area contributed by atoms with Gasteiger partial charge in [0.05, 0.1) is 18.8 Å². The van der Waals surface area contributed by atoms with Crippen LogP contribution in [0.15, 0.2) is 18.2 Å². The Hall–Kier alpha value is -1.59. The maximum Gasteiger partial charge on any atom is 0.238 e. The Bertz CT molecular complexity index is 339. The molecular weight excluding hydrogens is 184 g/mol. The zero-order valence-corrected chi connectivity index (χ0v) is 7.53. The molecule has 0 spiro atoms. The number of nitrogens with two attached hydrogens (primary N) is 1. The molecule has 5 nitrogen and oxygen atoms in total. The molecule has 5 N–H and O–H groups in total. The quantitative estimate of drug-likeness (QED) is 0.503. The number of aliphatic hydroxyl groups is 1. The van der Waals surface area contributed by atoms with E-state index in [1.807, 2.05) is 0 Å². The van der Waals surface area contributed by atoms with Gasteiger partial charge >= 0.3 is 0 Å². The zero-order chi connectivity index (χ0) is 10.6. The SMILES string of the molecule is NCC(=O)Nc1ccc(CO)cc1O. The highest BCUT2D eigenvalue weighted by Crippen LogP contribution is 2.23. The molecular formula is C9H12N2O3. The van der Waals surface area contributed by atoms with Gasteiger partial charge in [0, 0.05) is 0 Å². The van der Waals surface area contributed by atoms with Crippen LogP contribution in [0.5, 0.6) is 5.75 Å². The predicted molar refractivity (Wildman–Crippen MR) is 51.7 cm³/mol. The molecule has 76 valence electrons. The van der Waals surface area contributed by atoms with E-state index in [1.165, 1.54) is 12.1 Å². The summed E-state index contributed by atoms with van der Waals surface area (Å²) in [6.07, 6.45) is 0. The molecule has 0 bridgehead atoms. The van der Waals surface area contributed by atoms with Gasteiger partial charge in [-0.15, -0.1) is 0 Å². The molecule has 0 fully saturated rings. The van der Waals surface area contributed by atoms with Gasteiger partial charge in [-0.3, -0.25) is 4.79 Å². The summed E-state index contributed by atoms with van der Waals surface area (Å²) in [5, 5.41) is 20.6. The van der Waals surface area contributed by atoms with Gasteiger partial charge in [0.1, 0.15) is 5.75 Å². The monoisotopic (exact) mass is 196 g/mol. The average molecular weight is 196 g/mol. The van der Waals surface area contributed by atoms with Crippen molar-refractivity contribution in [1.82, 2.24) is 0 Å². The molecule has 0 heterocycles. The number of hydrogen-bond acceptors (Lipinski definition) is 4. The summed E-state index contributed by atoms with van der Waals surface area (Å²) in [5.74, 6) is -0.463. The number of rotatable bonds is 3. The van der Waals surface area contributed by atoms with Crippen LogP contribution in [-0.2, 0) is 11.4 Å². The highest BCUT2D eigenvalue weighted by molar-refractivity contribution is 5.93. The van der Waals surface area contributed by atoms with Crippen molar-refractivity contribution in [1.29, 1.82) is 0 Å². The van der Waals surface area contributed by atoms with E-state index in [0.29, 0.717) is 5.56 Å². The summed E-state index contributed by atoms with van der Waals surface area (Å²) < 4.78 is 0. The molecule has 0 saturated heterocycles. The van der Waals surface area contributed by atoms with E-state index in [-0.39, 0.29) is 30.5 Å². The van der Waals surface area contributed by atoms with Gasteiger partial charge in [-0.05, 0) is 17.7 Å². The molecule has 0 aliphatic heterocycles. The first-order valence-corrected chi connectivity index (χ1v) is 4.10. The number of nitrogens with one attached hydrogen (secondary N) is 1. The second-order valence-electron chi connectivity index (χ2n) is 2.76. The number of amides is 1. The lowest BCUT2D eigenvalue weighted by molar-refractivity contribution is -0.114. The first-order chi connectivity index (χ1) is 6.67. The van der Waals surface area contributed by atoms with Crippen molar-refractivity contribution in [3.05, 3.63) is 23.8 Å². The first-order valence-electron chi connectivity index (χ1n) is 4.10. The molecule has 0 unspecified atom stereocenters. The van der Waals surface area contributed by atoms with Crippen LogP contribution in [0.4, 0.5) is 5.69 Å². The largest absolute Gasteiger partial charge is 0.506 e. The van der Waals surface area contributed by atoms with Crippen LogP contribution in [0.25, 0.3) is 0 Å². The van der Waals surface area contributed by atoms with Gasteiger partial charge in [0.15, 0.2) is 0 Å². The van der Waals surface area contributed by atoms with Crippen molar-refractivity contribution in [3.63, 3.8) is 0 Å². The summed E-state index contributed by atoms with van der Waals surface area (Å²) in [5.41, 5.74) is 5.96. The fourth-order valence-corrected chi connectivity index (χ4v) is 0.983. The van der Waals surface area contributed by atoms with E-state index in [4.69, 9.17) is 10.8 Å². The number of phenolic OH excluding ortho intramolecular Hbond substituents is 1. The minimum atomic E-state index is -0.378. The molecule has 1 aromatic rings. The van der Waals surface area contributed by atoms with E-state index >= 15 is 0 Å². The number of aromatic hydroxyl groups is 1. The standard InChI is InChI=1S/C9H12N2O3/c10-4-9(14)11-7-2-1-6(5-12)3-8(7)13/h1-3,12-13H,4-5,10H2,(H,11,14). The highest BCUT2D eigenvalue weighted by atomic mass is 16.3. The number of carbonyl (C=O) groups is 1. The number of benzene rings is 1.